The number of carbonyl (C=O) groups is 2. The Morgan fingerprint density at radius 2 is 1.79 bits per heavy atom. The molecule has 0 fully saturated rings. The van der Waals surface area contributed by atoms with Crippen molar-refractivity contribution in [2.24, 2.45) is 0 Å². The maximum atomic E-state index is 13.5. The first-order valence-corrected chi connectivity index (χ1v) is 13.7. The fraction of sp³-hybridized carbons (Fsp3) is 0.417. The minimum Gasteiger partial charge on any atom is -0.494 e. The third kappa shape index (κ3) is 8.02. The Morgan fingerprint density at radius 3 is 2.35 bits per heavy atom. The van der Waals surface area contributed by atoms with E-state index in [0.717, 1.165) is 27.0 Å². The van der Waals surface area contributed by atoms with E-state index in [2.05, 4.69) is 21.2 Å². The van der Waals surface area contributed by atoms with Crippen molar-refractivity contribution in [1.29, 1.82) is 0 Å². The van der Waals surface area contributed by atoms with E-state index in [-0.39, 0.29) is 12.5 Å². The van der Waals surface area contributed by atoms with Gasteiger partial charge in [-0.2, -0.15) is 0 Å². The van der Waals surface area contributed by atoms with Crippen LogP contribution in [0.2, 0.25) is 0 Å². The van der Waals surface area contributed by atoms with E-state index in [1.165, 1.54) is 4.90 Å². The maximum absolute atomic E-state index is 13.5. The highest BCUT2D eigenvalue weighted by molar-refractivity contribution is 9.10. The second-order valence-electron chi connectivity index (χ2n) is 7.82. The number of hydrogen-bond acceptors (Lipinski definition) is 5. The summed E-state index contributed by atoms with van der Waals surface area (Å²) in [6.45, 7) is 6.12. The summed E-state index contributed by atoms with van der Waals surface area (Å²) in [5, 5.41) is 2.81. The predicted octanol–water partition coefficient (Wildman–Crippen LogP) is 3.56. The lowest BCUT2D eigenvalue weighted by Crippen LogP contribution is -2.51. The number of hydrogen-bond donors (Lipinski definition) is 1. The van der Waals surface area contributed by atoms with Crippen molar-refractivity contribution >= 4 is 43.5 Å². The molecule has 0 aliphatic rings. The van der Waals surface area contributed by atoms with Gasteiger partial charge < -0.3 is 15.0 Å². The molecule has 10 heteroatoms. The first-order chi connectivity index (χ1) is 16.1. The van der Waals surface area contributed by atoms with Crippen LogP contribution in [0.15, 0.2) is 53.0 Å². The van der Waals surface area contributed by atoms with Crippen molar-refractivity contribution in [3.63, 3.8) is 0 Å². The van der Waals surface area contributed by atoms with Crippen molar-refractivity contribution in [3.8, 4) is 5.75 Å². The average Bonchev–Trinajstić information content (AvgIpc) is 2.79. The number of sulfonamides is 1. The van der Waals surface area contributed by atoms with Gasteiger partial charge in [-0.15, -0.1) is 0 Å². The van der Waals surface area contributed by atoms with E-state index in [1.54, 1.807) is 31.2 Å². The minimum atomic E-state index is -3.77. The molecule has 1 N–H and O–H groups in total. The predicted molar refractivity (Wildman–Crippen MR) is 137 cm³/mol. The van der Waals surface area contributed by atoms with Gasteiger partial charge in [-0.05, 0) is 62.2 Å². The molecule has 186 valence electrons. The number of nitrogens with zero attached hydrogens (tertiary/aromatic N) is 2. The quantitative estimate of drug-likeness (QED) is 0.433. The molecule has 2 amide bonds. The summed E-state index contributed by atoms with van der Waals surface area (Å²) < 4.78 is 32.5. The molecule has 0 bridgehead atoms. The lowest BCUT2D eigenvalue weighted by atomic mass is 10.1. The van der Waals surface area contributed by atoms with Crippen LogP contribution in [-0.2, 0) is 26.2 Å². The molecule has 8 nitrogen and oxygen atoms in total. The van der Waals surface area contributed by atoms with E-state index in [9.17, 15) is 18.0 Å². The highest BCUT2D eigenvalue weighted by atomic mass is 79.9. The summed E-state index contributed by atoms with van der Waals surface area (Å²) >= 11 is 3.42. The normalized spacial score (nSPS) is 12.0. The smallest absolute Gasteiger partial charge is 0.244 e. The van der Waals surface area contributed by atoms with Crippen molar-refractivity contribution in [2.45, 2.75) is 39.8 Å². The minimum absolute atomic E-state index is 0.153. The van der Waals surface area contributed by atoms with Crippen LogP contribution in [0, 0.1) is 0 Å². The van der Waals surface area contributed by atoms with E-state index in [0.29, 0.717) is 24.6 Å². The molecule has 2 aromatic rings. The third-order valence-electron chi connectivity index (χ3n) is 5.07. The van der Waals surface area contributed by atoms with Crippen LogP contribution >= 0.6 is 15.9 Å². The highest BCUT2D eigenvalue weighted by Gasteiger charge is 2.30. The Morgan fingerprint density at radius 1 is 1.12 bits per heavy atom. The molecule has 1 unspecified atom stereocenters. The molecular formula is C24H32BrN3O5S. The molecule has 0 heterocycles. The lowest BCUT2D eigenvalue weighted by molar-refractivity contribution is -0.139. The monoisotopic (exact) mass is 553 g/mol. The van der Waals surface area contributed by atoms with Crippen LogP contribution in [0.5, 0.6) is 5.75 Å². The van der Waals surface area contributed by atoms with Gasteiger partial charge in [0.2, 0.25) is 21.8 Å². The van der Waals surface area contributed by atoms with Crippen molar-refractivity contribution in [3.05, 3.63) is 58.6 Å². The van der Waals surface area contributed by atoms with Crippen LogP contribution < -0.4 is 14.4 Å². The van der Waals surface area contributed by atoms with Gasteiger partial charge in [0, 0.05) is 17.6 Å². The van der Waals surface area contributed by atoms with Crippen molar-refractivity contribution in [2.75, 3.05) is 30.3 Å². The maximum Gasteiger partial charge on any atom is 0.244 e. The van der Waals surface area contributed by atoms with E-state index >= 15 is 0 Å². The van der Waals surface area contributed by atoms with Gasteiger partial charge in [0.25, 0.3) is 0 Å². The Labute approximate surface area is 210 Å². The summed E-state index contributed by atoms with van der Waals surface area (Å²) in [5.74, 6) is -0.181. The number of rotatable bonds is 12. The highest BCUT2D eigenvalue weighted by Crippen LogP contribution is 2.23. The van der Waals surface area contributed by atoms with Gasteiger partial charge >= 0.3 is 0 Å². The molecule has 0 saturated carbocycles. The summed E-state index contributed by atoms with van der Waals surface area (Å²) in [6, 6.07) is 13.1. The summed E-state index contributed by atoms with van der Waals surface area (Å²) in [5.41, 5.74) is 1.15. The molecular weight excluding hydrogens is 522 g/mol. The molecule has 2 rings (SSSR count). The van der Waals surface area contributed by atoms with Crippen LogP contribution in [0.4, 0.5) is 5.69 Å². The number of amides is 2. The molecule has 0 spiro atoms. The zero-order valence-electron chi connectivity index (χ0n) is 20.0. The van der Waals surface area contributed by atoms with Gasteiger partial charge in [-0.1, -0.05) is 35.0 Å². The van der Waals surface area contributed by atoms with Crippen LogP contribution in [0.1, 0.15) is 32.8 Å². The first-order valence-electron chi connectivity index (χ1n) is 11.1. The Balaban J connectivity index is 2.35. The second kappa shape index (κ2) is 12.8. The molecule has 2 aromatic carbocycles. The zero-order valence-corrected chi connectivity index (χ0v) is 22.4. The summed E-state index contributed by atoms with van der Waals surface area (Å²) in [7, 11) is -3.77. The van der Waals surface area contributed by atoms with Crippen LogP contribution in [0.3, 0.4) is 0 Å². The fourth-order valence-electron chi connectivity index (χ4n) is 3.30. The van der Waals surface area contributed by atoms with Gasteiger partial charge in [-0.25, -0.2) is 8.42 Å². The topological polar surface area (TPSA) is 96.0 Å². The number of carbonyl (C=O) groups excluding carboxylic acids is 2. The molecule has 34 heavy (non-hydrogen) atoms. The first kappa shape index (κ1) is 27.7. The number of ether oxygens (including phenoxy) is 1. The summed E-state index contributed by atoms with van der Waals surface area (Å²) in [4.78, 5) is 27.6. The van der Waals surface area contributed by atoms with Crippen LogP contribution in [0.25, 0.3) is 0 Å². The largest absolute Gasteiger partial charge is 0.494 e. The van der Waals surface area contributed by atoms with Gasteiger partial charge in [0.05, 0.1) is 18.6 Å². The van der Waals surface area contributed by atoms with E-state index < -0.39 is 28.5 Å². The average molecular weight is 555 g/mol. The van der Waals surface area contributed by atoms with E-state index in [4.69, 9.17) is 4.74 Å². The molecule has 0 aliphatic carbocycles. The Kier molecular flexibility index (Phi) is 10.4. The van der Waals surface area contributed by atoms with Crippen molar-refractivity contribution < 1.29 is 22.7 Å². The van der Waals surface area contributed by atoms with Gasteiger partial charge in [0.15, 0.2) is 0 Å². The summed E-state index contributed by atoms with van der Waals surface area (Å²) in [6.07, 6.45) is 1.81. The van der Waals surface area contributed by atoms with Gasteiger partial charge in [-0.3, -0.25) is 13.9 Å². The molecule has 0 radical (unpaired) electrons. The number of anilines is 1. The molecule has 0 aliphatic heterocycles. The third-order valence-corrected chi connectivity index (χ3v) is 6.71. The lowest BCUT2D eigenvalue weighted by Gasteiger charge is -2.31. The van der Waals surface area contributed by atoms with Crippen LogP contribution in [-0.4, -0.2) is 57.1 Å². The van der Waals surface area contributed by atoms with Gasteiger partial charge in [0.1, 0.15) is 18.3 Å². The standard InChI is InChI=1S/C24H32BrN3O5S/c1-5-14-26-24(30)18(3)27(16-19-8-7-9-20(25)15-19)23(29)17-28(34(4,31)32)21-10-12-22(13-11-21)33-6-2/h7-13,15,18H,5-6,14,16-17H2,1-4H3,(H,26,30). The SMILES string of the molecule is CCCNC(=O)C(C)N(Cc1cccc(Br)c1)C(=O)CN(c1ccc(OCC)cc1)S(C)(=O)=O. The Hall–Kier alpha value is -2.59. The Bertz CT molecular complexity index is 1080. The molecule has 1 atom stereocenters. The van der Waals surface area contributed by atoms with Crippen molar-refractivity contribution in [1.82, 2.24) is 10.2 Å². The second-order valence-corrected chi connectivity index (χ2v) is 10.6. The number of halogens is 1. The number of benzene rings is 2. The zero-order chi connectivity index (χ0) is 25.3. The molecule has 0 aromatic heterocycles. The molecule has 0 saturated heterocycles. The number of nitrogens with one attached hydrogen (secondary N) is 1. The fourth-order valence-corrected chi connectivity index (χ4v) is 4.60. The van der Waals surface area contributed by atoms with E-state index in [1.807, 2.05) is 38.1 Å².